The van der Waals surface area contributed by atoms with Crippen LogP contribution < -0.4 is 4.90 Å². The summed E-state index contributed by atoms with van der Waals surface area (Å²) in [5.74, 6) is 0. The standard InChI is InChI=1S/C13H18N2O.Y/c1-5-15(6-2)13-10-8-7-9-12(13)11(3)14-16-4;/h7-10H,1-2,5-6H2,3-4H3;/q-2;/b14-11+;. The van der Waals surface area contributed by atoms with Crippen molar-refractivity contribution in [1.82, 2.24) is 0 Å². The summed E-state index contributed by atoms with van der Waals surface area (Å²) < 4.78 is 0. The van der Waals surface area contributed by atoms with Gasteiger partial charge < -0.3 is 23.6 Å². The summed E-state index contributed by atoms with van der Waals surface area (Å²) in [5, 5.41) is 3.96. The smallest absolute Gasteiger partial charge is 0.106 e. The second-order valence-corrected chi connectivity index (χ2v) is 3.36. The molecule has 91 valence electrons. The van der Waals surface area contributed by atoms with E-state index in [4.69, 9.17) is 4.84 Å². The van der Waals surface area contributed by atoms with Crippen LogP contribution in [0.5, 0.6) is 0 Å². The van der Waals surface area contributed by atoms with Crippen LogP contribution in [0, 0.1) is 13.8 Å². The molecule has 0 aromatic heterocycles. The topological polar surface area (TPSA) is 24.8 Å². The molecule has 0 unspecified atom stereocenters. The van der Waals surface area contributed by atoms with Crippen molar-refractivity contribution >= 4 is 11.4 Å². The number of rotatable bonds is 5. The largest absolute Gasteiger partial charge is 0.431 e. The Morgan fingerprint density at radius 3 is 2.41 bits per heavy atom. The van der Waals surface area contributed by atoms with E-state index in [9.17, 15) is 0 Å². The third-order valence-electron chi connectivity index (χ3n) is 2.40. The van der Waals surface area contributed by atoms with E-state index in [-0.39, 0.29) is 32.7 Å². The molecule has 1 rings (SSSR count). The van der Waals surface area contributed by atoms with Crippen LogP contribution in [0.25, 0.3) is 0 Å². The molecule has 0 aliphatic rings. The van der Waals surface area contributed by atoms with Gasteiger partial charge in [0, 0.05) is 44.0 Å². The Bertz CT molecular complexity index is 362. The van der Waals surface area contributed by atoms with Crippen molar-refractivity contribution in [2.24, 2.45) is 5.16 Å². The Hall–Kier alpha value is -0.406. The molecule has 0 atom stereocenters. The van der Waals surface area contributed by atoms with E-state index in [2.05, 4.69) is 23.9 Å². The Kier molecular flexibility index (Phi) is 8.44. The number of oxime groups is 1. The van der Waals surface area contributed by atoms with Crippen LogP contribution in [-0.4, -0.2) is 25.9 Å². The molecule has 0 heterocycles. The molecule has 0 saturated heterocycles. The molecular weight excluding hydrogens is 289 g/mol. The first kappa shape index (κ1) is 16.6. The van der Waals surface area contributed by atoms with Gasteiger partial charge in [0.25, 0.3) is 0 Å². The average Bonchev–Trinajstić information content (AvgIpc) is 2.31. The minimum Gasteiger partial charge on any atom is -0.431 e. The summed E-state index contributed by atoms with van der Waals surface area (Å²) in [5.41, 5.74) is 2.99. The molecule has 4 heteroatoms. The fourth-order valence-corrected chi connectivity index (χ4v) is 1.59. The molecule has 17 heavy (non-hydrogen) atoms. The van der Waals surface area contributed by atoms with Gasteiger partial charge in [-0.15, -0.1) is 13.1 Å². The van der Waals surface area contributed by atoms with E-state index >= 15 is 0 Å². The minimum atomic E-state index is 0. The van der Waals surface area contributed by atoms with E-state index < -0.39 is 0 Å². The second-order valence-electron chi connectivity index (χ2n) is 3.36. The number of hydrogen-bond donors (Lipinski definition) is 0. The fraction of sp³-hybridized carbons (Fsp3) is 0.308. The molecular formula is C13H18N2OY-2. The van der Waals surface area contributed by atoms with Crippen LogP contribution in [0.1, 0.15) is 12.5 Å². The summed E-state index contributed by atoms with van der Waals surface area (Å²) in [6.07, 6.45) is 0. The quantitative estimate of drug-likeness (QED) is 0.474. The predicted molar refractivity (Wildman–Crippen MR) is 68.6 cm³/mol. The summed E-state index contributed by atoms with van der Waals surface area (Å²) in [4.78, 5) is 6.89. The third-order valence-corrected chi connectivity index (χ3v) is 2.40. The van der Waals surface area contributed by atoms with Gasteiger partial charge in [-0.2, -0.15) is 0 Å². The van der Waals surface area contributed by atoms with E-state index in [0.29, 0.717) is 13.1 Å². The van der Waals surface area contributed by atoms with Crippen LogP contribution >= 0.6 is 0 Å². The van der Waals surface area contributed by atoms with Gasteiger partial charge in [0.15, 0.2) is 0 Å². The first-order valence-corrected chi connectivity index (χ1v) is 5.25. The maximum atomic E-state index is 4.80. The zero-order valence-electron chi connectivity index (χ0n) is 10.5. The van der Waals surface area contributed by atoms with Crippen molar-refractivity contribution in [3.63, 3.8) is 0 Å². The fourth-order valence-electron chi connectivity index (χ4n) is 1.59. The second kappa shape index (κ2) is 8.65. The number of para-hydroxylation sites is 1. The van der Waals surface area contributed by atoms with Crippen molar-refractivity contribution in [2.75, 3.05) is 25.1 Å². The molecule has 0 saturated carbocycles. The molecule has 0 aliphatic carbocycles. The zero-order chi connectivity index (χ0) is 12.0. The van der Waals surface area contributed by atoms with Crippen LogP contribution in [0.2, 0.25) is 0 Å². The predicted octanol–water partition coefficient (Wildman–Crippen LogP) is 2.53. The van der Waals surface area contributed by atoms with E-state index in [1.165, 1.54) is 0 Å². The Balaban J connectivity index is 0.00000256. The van der Waals surface area contributed by atoms with Crippen molar-refractivity contribution < 1.29 is 37.5 Å². The molecule has 0 bridgehead atoms. The molecule has 0 amide bonds. The van der Waals surface area contributed by atoms with Crippen molar-refractivity contribution in [3.05, 3.63) is 43.7 Å². The molecule has 0 N–H and O–H groups in total. The van der Waals surface area contributed by atoms with Gasteiger partial charge in [0.05, 0.1) is 5.71 Å². The summed E-state index contributed by atoms with van der Waals surface area (Å²) in [6.45, 7) is 11.1. The first-order valence-electron chi connectivity index (χ1n) is 5.25. The number of anilines is 1. The Labute approximate surface area is 129 Å². The number of hydrogen-bond acceptors (Lipinski definition) is 3. The SMILES string of the molecule is [CH2-]CN(C[CH2-])c1ccccc1/C(C)=N/OC.[Y]. The minimum absolute atomic E-state index is 0. The van der Waals surface area contributed by atoms with Crippen LogP contribution in [-0.2, 0) is 37.5 Å². The van der Waals surface area contributed by atoms with Gasteiger partial charge in [0.2, 0.25) is 0 Å². The zero-order valence-corrected chi connectivity index (χ0v) is 13.4. The molecule has 0 fully saturated rings. The molecule has 0 aliphatic heterocycles. The van der Waals surface area contributed by atoms with Gasteiger partial charge in [-0.1, -0.05) is 23.4 Å². The van der Waals surface area contributed by atoms with Crippen molar-refractivity contribution in [3.8, 4) is 0 Å². The van der Waals surface area contributed by atoms with Crippen LogP contribution in [0.4, 0.5) is 5.69 Å². The average molecular weight is 307 g/mol. The molecule has 0 spiro atoms. The van der Waals surface area contributed by atoms with Crippen LogP contribution in [0.15, 0.2) is 29.4 Å². The Morgan fingerprint density at radius 2 is 1.88 bits per heavy atom. The summed E-state index contributed by atoms with van der Waals surface area (Å²) >= 11 is 0. The van der Waals surface area contributed by atoms with Crippen molar-refractivity contribution in [1.29, 1.82) is 0 Å². The molecule has 1 aromatic rings. The van der Waals surface area contributed by atoms with Gasteiger partial charge in [-0.25, -0.2) is 0 Å². The maximum absolute atomic E-state index is 4.80. The first-order chi connectivity index (χ1) is 7.74. The monoisotopic (exact) mass is 307 g/mol. The van der Waals surface area contributed by atoms with E-state index in [1.807, 2.05) is 31.2 Å². The summed E-state index contributed by atoms with van der Waals surface area (Å²) in [6, 6.07) is 8.04. The van der Waals surface area contributed by atoms with Gasteiger partial charge in [-0.05, 0) is 13.0 Å². The maximum Gasteiger partial charge on any atom is 0.106 e. The van der Waals surface area contributed by atoms with Gasteiger partial charge >= 0.3 is 0 Å². The molecule has 1 aromatic carbocycles. The summed E-state index contributed by atoms with van der Waals surface area (Å²) in [7, 11) is 1.55. The van der Waals surface area contributed by atoms with Crippen LogP contribution in [0.3, 0.4) is 0 Å². The normalized spacial score (nSPS) is 10.7. The van der Waals surface area contributed by atoms with E-state index in [0.717, 1.165) is 17.0 Å². The van der Waals surface area contributed by atoms with Gasteiger partial charge in [0.1, 0.15) is 7.11 Å². The van der Waals surface area contributed by atoms with E-state index in [1.54, 1.807) is 7.11 Å². The number of benzene rings is 1. The van der Waals surface area contributed by atoms with Crippen molar-refractivity contribution in [2.45, 2.75) is 6.92 Å². The third kappa shape index (κ3) is 4.40. The number of nitrogens with zero attached hydrogens (tertiary/aromatic N) is 2. The van der Waals surface area contributed by atoms with Gasteiger partial charge in [-0.3, -0.25) is 0 Å². The Morgan fingerprint density at radius 1 is 1.29 bits per heavy atom. The molecule has 3 nitrogen and oxygen atoms in total. The molecule has 1 radical (unpaired) electrons.